The number of amides is 1. The van der Waals surface area contributed by atoms with Gasteiger partial charge in [-0.25, -0.2) is 5.10 Å². The van der Waals surface area contributed by atoms with Crippen molar-refractivity contribution in [2.75, 3.05) is 11.9 Å². The molecule has 0 fully saturated rings. The molecule has 27 heavy (non-hydrogen) atoms. The minimum atomic E-state index is -0.602. The summed E-state index contributed by atoms with van der Waals surface area (Å²) >= 11 is 0. The second kappa shape index (κ2) is 7.82. The summed E-state index contributed by atoms with van der Waals surface area (Å²) in [5.41, 5.74) is 2.90. The fourth-order valence-electron chi connectivity index (χ4n) is 2.66. The molecule has 0 bridgehead atoms. The summed E-state index contributed by atoms with van der Waals surface area (Å²) < 4.78 is 5.03. The molecule has 2 aromatic carbocycles. The number of hydrogen-bond donors (Lipinski definition) is 2. The smallest absolute Gasteiger partial charge is 0.312 e. The standard InChI is InChI=1S/C20H19N3O4/c1-12-7-8-14(9-13(12)2)21-18(24)11-27-19(25)10-17-15-5-3-4-6-16(15)20(26)23-22-17/h3-9H,10-11H2,1-2H3,(H,21,24)(H,23,26). The lowest BCUT2D eigenvalue weighted by Crippen LogP contribution is -2.22. The van der Waals surface area contributed by atoms with Crippen LogP contribution in [-0.2, 0) is 20.7 Å². The third-order valence-electron chi connectivity index (χ3n) is 4.24. The van der Waals surface area contributed by atoms with Gasteiger partial charge >= 0.3 is 5.97 Å². The van der Waals surface area contributed by atoms with Gasteiger partial charge in [0.05, 0.1) is 17.5 Å². The highest BCUT2D eigenvalue weighted by atomic mass is 16.5. The van der Waals surface area contributed by atoms with Gasteiger partial charge in [0.2, 0.25) is 0 Å². The van der Waals surface area contributed by atoms with Crippen molar-refractivity contribution in [1.82, 2.24) is 10.2 Å². The van der Waals surface area contributed by atoms with Crippen molar-refractivity contribution in [1.29, 1.82) is 0 Å². The van der Waals surface area contributed by atoms with Gasteiger partial charge in [0.25, 0.3) is 11.5 Å². The third kappa shape index (κ3) is 4.38. The lowest BCUT2D eigenvalue weighted by atomic mass is 10.1. The normalized spacial score (nSPS) is 10.6. The van der Waals surface area contributed by atoms with Crippen molar-refractivity contribution in [2.45, 2.75) is 20.3 Å². The molecule has 0 radical (unpaired) electrons. The molecule has 2 N–H and O–H groups in total. The Bertz CT molecular complexity index is 1070. The van der Waals surface area contributed by atoms with E-state index in [1.165, 1.54) is 0 Å². The Hall–Kier alpha value is -3.48. The Labute approximate surface area is 155 Å². The highest BCUT2D eigenvalue weighted by Gasteiger charge is 2.13. The summed E-state index contributed by atoms with van der Waals surface area (Å²) in [4.78, 5) is 35.8. The van der Waals surface area contributed by atoms with Gasteiger partial charge in [-0.3, -0.25) is 14.4 Å². The van der Waals surface area contributed by atoms with Crippen LogP contribution in [0, 0.1) is 13.8 Å². The van der Waals surface area contributed by atoms with E-state index >= 15 is 0 Å². The molecule has 3 aromatic rings. The first-order valence-electron chi connectivity index (χ1n) is 8.43. The van der Waals surface area contributed by atoms with Gasteiger partial charge in [0, 0.05) is 11.1 Å². The lowest BCUT2D eigenvalue weighted by Gasteiger charge is -2.09. The summed E-state index contributed by atoms with van der Waals surface area (Å²) in [6.07, 6.45) is -0.145. The topological polar surface area (TPSA) is 101 Å². The van der Waals surface area contributed by atoms with E-state index in [9.17, 15) is 14.4 Å². The van der Waals surface area contributed by atoms with Crippen LogP contribution in [0.1, 0.15) is 16.8 Å². The van der Waals surface area contributed by atoms with E-state index in [-0.39, 0.29) is 12.0 Å². The molecule has 0 aliphatic heterocycles. The van der Waals surface area contributed by atoms with E-state index in [1.807, 2.05) is 26.0 Å². The number of hydrogen-bond acceptors (Lipinski definition) is 5. The van der Waals surface area contributed by atoms with Crippen molar-refractivity contribution in [3.05, 3.63) is 69.6 Å². The van der Waals surface area contributed by atoms with E-state index in [1.54, 1.807) is 30.3 Å². The molecule has 0 saturated heterocycles. The summed E-state index contributed by atoms with van der Waals surface area (Å²) in [7, 11) is 0. The maximum atomic E-state index is 12.1. The number of aryl methyl sites for hydroxylation is 2. The lowest BCUT2D eigenvalue weighted by molar-refractivity contribution is -0.146. The molecule has 138 valence electrons. The van der Waals surface area contributed by atoms with Crippen LogP contribution in [0.5, 0.6) is 0 Å². The number of carbonyl (C=O) groups excluding carboxylic acids is 2. The van der Waals surface area contributed by atoms with Crippen LogP contribution in [-0.4, -0.2) is 28.7 Å². The minimum absolute atomic E-state index is 0.145. The third-order valence-corrected chi connectivity index (χ3v) is 4.24. The molecule has 1 aromatic heterocycles. The number of rotatable bonds is 5. The Balaban J connectivity index is 1.60. The molecular formula is C20H19N3O4. The van der Waals surface area contributed by atoms with Gasteiger partial charge in [-0.1, -0.05) is 24.3 Å². The molecular weight excluding hydrogens is 346 g/mol. The molecule has 0 aliphatic rings. The number of H-pyrrole nitrogens is 1. The van der Waals surface area contributed by atoms with Crippen molar-refractivity contribution in [2.24, 2.45) is 0 Å². The largest absolute Gasteiger partial charge is 0.455 e. The predicted octanol–water partition coefficient (Wildman–Crippen LogP) is 2.26. The van der Waals surface area contributed by atoms with Crippen molar-refractivity contribution in [3.8, 4) is 0 Å². The maximum absolute atomic E-state index is 12.1. The number of anilines is 1. The molecule has 0 saturated carbocycles. The number of nitrogens with one attached hydrogen (secondary N) is 2. The molecule has 0 unspecified atom stereocenters. The average molecular weight is 365 g/mol. The fraction of sp³-hybridized carbons (Fsp3) is 0.200. The highest BCUT2D eigenvalue weighted by Crippen LogP contribution is 2.15. The van der Waals surface area contributed by atoms with Gasteiger partial charge in [0.15, 0.2) is 6.61 Å². The molecule has 1 heterocycles. The van der Waals surface area contributed by atoms with Crippen LogP contribution < -0.4 is 10.9 Å². The van der Waals surface area contributed by atoms with Crippen LogP contribution >= 0.6 is 0 Å². The van der Waals surface area contributed by atoms with Crippen molar-refractivity contribution >= 4 is 28.3 Å². The zero-order valence-electron chi connectivity index (χ0n) is 15.0. The molecule has 0 atom stereocenters. The van der Waals surface area contributed by atoms with Crippen molar-refractivity contribution in [3.63, 3.8) is 0 Å². The van der Waals surface area contributed by atoms with Crippen LogP contribution in [0.4, 0.5) is 5.69 Å². The Morgan fingerprint density at radius 3 is 2.56 bits per heavy atom. The summed E-state index contributed by atoms with van der Waals surface area (Å²) in [5, 5.41) is 10.00. The van der Waals surface area contributed by atoms with Crippen LogP contribution in [0.15, 0.2) is 47.3 Å². The molecule has 1 amide bonds. The first-order valence-corrected chi connectivity index (χ1v) is 8.43. The zero-order valence-corrected chi connectivity index (χ0v) is 15.0. The number of aromatic nitrogens is 2. The second-order valence-electron chi connectivity index (χ2n) is 6.23. The maximum Gasteiger partial charge on any atom is 0.312 e. The second-order valence-corrected chi connectivity index (χ2v) is 6.23. The fourth-order valence-corrected chi connectivity index (χ4v) is 2.66. The number of carbonyl (C=O) groups is 2. The summed E-state index contributed by atoms with van der Waals surface area (Å²) in [5.74, 6) is -1.03. The molecule has 7 nitrogen and oxygen atoms in total. The predicted molar refractivity (Wildman–Crippen MR) is 102 cm³/mol. The van der Waals surface area contributed by atoms with Crippen LogP contribution in [0.3, 0.4) is 0 Å². The van der Waals surface area contributed by atoms with E-state index in [0.29, 0.717) is 22.2 Å². The number of aromatic amines is 1. The summed E-state index contributed by atoms with van der Waals surface area (Å²) in [6.45, 7) is 3.54. The number of esters is 1. The molecule has 3 rings (SSSR count). The van der Waals surface area contributed by atoms with Gasteiger partial charge in [-0.2, -0.15) is 5.10 Å². The van der Waals surface area contributed by atoms with E-state index < -0.39 is 18.5 Å². The highest BCUT2D eigenvalue weighted by molar-refractivity contribution is 5.93. The van der Waals surface area contributed by atoms with E-state index in [4.69, 9.17) is 4.74 Å². The summed E-state index contributed by atoms with van der Waals surface area (Å²) in [6, 6.07) is 12.4. The Kier molecular flexibility index (Phi) is 5.30. The Morgan fingerprint density at radius 2 is 1.81 bits per heavy atom. The van der Waals surface area contributed by atoms with Crippen LogP contribution in [0.2, 0.25) is 0 Å². The minimum Gasteiger partial charge on any atom is -0.455 e. The first-order chi connectivity index (χ1) is 12.9. The van der Waals surface area contributed by atoms with Gasteiger partial charge in [-0.15, -0.1) is 0 Å². The quantitative estimate of drug-likeness (QED) is 0.676. The van der Waals surface area contributed by atoms with Gasteiger partial charge in [0.1, 0.15) is 0 Å². The average Bonchev–Trinajstić information content (AvgIpc) is 2.66. The molecule has 0 aliphatic carbocycles. The van der Waals surface area contributed by atoms with E-state index in [2.05, 4.69) is 15.5 Å². The number of fused-ring (bicyclic) bond motifs is 1. The number of benzene rings is 2. The number of ether oxygens (including phenoxy) is 1. The zero-order chi connectivity index (χ0) is 19.4. The first kappa shape index (κ1) is 18.3. The van der Waals surface area contributed by atoms with Crippen molar-refractivity contribution < 1.29 is 14.3 Å². The van der Waals surface area contributed by atoms with Gasteiger partial charge in [-0.05, 0) is 43.2 Å². The monoisotopic (exact) mass is 365 g/mol. The van der Waals surface area contributed by atoms with Crippen LogP contribution in [0.25, 0.3) is 10.8 Å². The van der Waals surface area contributed by atoms with Gasteiger partial charge < -0.3 is 10.1 Å². The Morgan fingerprint density at radius 1 is 1.07 bits per heavy atom. The SMILES string of the molecule is Cc1ccc(NC(=O)COC(=O)Cc2n[nH]c(=O)c3ccccc23)cc1C. The molecule has 7 heteroatoms. The number of nitrogens with zero attached hydrogens (tertiary/aromatic N) is 1. The molecule has 0 spiro atoms. The van der Waals surface area contributed by atoms with E-state index in [0.717, 1.165) is 11.1 Å².